The molecule has 19 heavy (non-hydrogen) atoms. The van der Waals surface area contributed by atoms with Crippen LogP contribution in [0.15, 0.2) is 0 Å². The van der Waals surface area contributed by atoms with Crippen molar-refractivity contribution in [1.29, 1.82) is 0 Å². The molecule has 1 N–H and O–H groups in total. The van der Waals surface area contributed by atoms with Crippen LogP contribution in [0.3, 0.4) is 0 Å². The largest absolute Gasteiger partial charge is 0.381 e. The zero-order chi connectivity index (χ0) is 13.7. The predicted molar refractivity (Wildman–Crippen MR) is 80.4 cm³/mol. The Morgan fingerprint density at radius 3 is 2.84 bits per heavy atom. The normalized spacial score (nSPS) is 37.4. The smallest absolute Gasteiger partial charge is 0.0521 e. The fourth-order valence-electron chi connectivity index (χ4n) is 3.60. The Balaban J connectivity index is 1.84. The highest BCUT2D eigenvalue weighted by molar-refractivity contribution is 4.85. The van der Waals surface area contributed by atoms with Gasteiger partial charge in [0.2, 0.25) is 0 Å². The molecule has 3 heteroatoms. The van der Waals surface area contributed by atoms with Gasteiger partial charge in [-0.2, -0.15) is 0 Å². The number of piperidine rings is 1. The third kappa shape index (κ3) is 4.44. The third-order valence-corrected chi connectivity index (χ3v) is 4.88. The minimum absolute atomic E-state index is 0.667. The van der Waals surface area contributed by atoms with Gasteiger partial charge in [-0.3, -0.25) is 0 Å². The summed E-state index contributed by atoms with van der Waals surface area (Å²) in [7, 11) is 0. The zero-order valence-corrected chi connectivity index (χ0v) is 13.0. The molecule has 0 radical (unpaired) electrons. The number of ether oxygens (including phenoxy) is 1. The van der Waals surface area contributed by atoms with E-state index in [0.29, 0.717) is 12.0 Å². The molecule has 0 aliphatic carbocycles. The van der Waals surface area contributed by atoms with Crippen molar-refractivity contribution >= 4 is 0 Å². The maximum Gasteiger partial charge on any atom is 0.0521 e. The van der Waals surface area contributed by atoms with Gasteiger partial charge in [0.15, 0.2) is 0 Å². The molecule has 4 atom stereocenters. The van der Waals surface area contributed by atoms with Crippen LogP contribution < -0.4 is 5.32 Å². The molecule has 2 aliphatic heterocycles. The first-order valence-corrected chi connectivity index (χ1v) is 8.25. The van der Waals surface area contributed by atoms with E-state index < -0.39 is 0 Å². The molecule has 0 amide bonds. The molecule has 0 aromatic heterocycles. The Hall–Kier alpha value is -0.120. The lowest BCUT2D eigenvalue weighted by Gasteiger charge is -2.41. The molecule has 4 unspecified atom stereocenters. The summed E-state index contributed by atoms with van der Waals surface area (Å²) in [5, 5.41) is 3.73. The molecule has 0 spiro atoms. The number of hydrogen-bond donors (Lipinski definition) is 1. The van der Waals surface area contributed by atoms with Gasteiger partial charge in [0.25, 0.3) is 0 Å². The van der Waals surface area contributed by atoms with Crippen LogP contribution in [0.25, 0.3) is 0 Å². The average molecular weight is 268 g/mol. The average Bonchev–Trinajstić information content (AvgIpc) is 2.41. The van der Waals surface area contributed by atoms with Gasteiger partial charge in [-0.05, 0) is 51.6 Å². The first-order valence-electron chi connectivity index (χ1n) is 8.25. The van der Waals surface area contributed by atoms with Crippen LogP contribution in [0.2, 0.25) is 0 Å². The van der Waals surface area contributed by atoms with Crippen molar-refractivity contribution in [2.45, 2.75) is 58.5 Å². The molecule has 0 saturated carbocycles. The lowest BCUT2D eigenvalue weighted by atomic mass is 9.90. The van der Waals surface area contributed by atoms with Crippen molar-refractivity contribution in [3.8, 4) is 0 Å². The van der Waals surface area contributed by atoms with Gasteiger partial charge >= 0.3 is 0 Å². The van der Waals surface area contributed by atoms with E-state index in [0.717, 1.165) is 31.7 Å². The molecule has 0 aromatic carbocycles. The Kier molecular flexibility index (Phi) is 6.11. The highest BCUT2D eigenvalue weighted by atomic mass is 16.5. The molecule has 112 valence electrons. The van der Waals surface area contributed by atoms with Crippen molar-refractivity contribution in [2.75, 3.05) is 32.8 Å². The van der Waals surface area contributed by atoms with Crippen LogP contribution in [0.4, 0.5) is 0 Å². The zero-order valence-electron chi connectivity index (χ0n) is 13.0. The molecular formula is C16H32N2O. The van der Waals surface area contributed by atoms with Gasteiger partial charge in [0.05, 0.1) is 6.61 Å². The van der Waals surface area contributed by atoms with Crippen molar-refractivity contribution in [3.63, 3.8) is 0 Å². The van der Waals surface area contributed by atoms with Crippen molar-refractivity contribution in [3.05, 3.63) is 0 Å². The molecule has 0 bridgehead atoms. The summed E-state index contributed by atoms with van der Waals surface area (Å²) >= 11 is 0. The molecule has 2 aliphatic rings. The van der Waals surface area contributed by atoms with Crippen LogP contribution in [-0.4, -0.2) is 49.8 Å². The fraction of sp³-hybridized carbons (Fsp3) is 1.00. The van der Waals surface area contributed by atoms with Crippen LogP contribution >= 0.6 is 0 Å². The minimum Gasteiger partial charge on any atom is -0.381 e. The van der Waals surface area contributed by atoms with Crippen molar-refractivity contribution in [1.82, 2.24) is 10.2 Å². The monoisotopic (exact) mass is 268 g/mol. The van der Waals surface area contributed by atoms with Gasteiger partial charge in [-0.25, -0.2) is 0 Å². The van der Waals surface area contributed by atoms with Crippen LogP contribution in [0, 0.1) is 11.8 Å². The standard InChI is InChI=1S/C16H32N2O/c1-4-7-17-16-6-9-19-12-15(16)11-18-8-5-13(2)10-14(18)3/h13-17H,4-12H2,1-3H3. The molecule has 0 aromatic rings. The summed E-state index contributed by atoms with van der Waals surface area (Å²) in [4.78, 5) is 2.69. The quantitative estimate of drug-likeness (QED) is 0.829. The van der Waals surface area contributed by atoms with Gasteiger partial charge in [-0.1, -0.05) is 13.8 Å². The lowest BCUT2D eigenvalue weighted by Crippen LogP contribution is -2.51. The second-order valence-corrected chi connectivity index (χ2v) is 6.66. The predicted octanol–water partition coefficient (Wildman–Crippen LogP) is 2.51. The van der Waals surface area contributed by atoms with Gasteiger partial charge in [0.1, 0.15) is 0 Å². The van der Waals surface area contributed by atoms with E-state index in [4.69, 9.17) is 4.74 Å². The second kappa shape index (κ2) is 7.61. The Bertz CT molecular complexity index is 259. The van der Waals surface area contributed by atoms with Gasteiger partial charge in [0, 0.05) is 31.2 Å². The van der Waals surface area contributed by atoms with E-state index in [1.54, 1.807) is 0 Å². The first-order chi connectivity index (χ1) is 9.20. The molecule has 2 heterocycles. The molecular weight excluding hydrogens is 236 g/mol. The van der Waals surface area contributed by atoms with Crippen LogP contribution in [0.5, 0.6) is 0 Å². The van der Waals surface area contributed by atoms with Crippen molar-refractivity contribution < 1.29 is 4.74 Å². The summed E-state index contributed by atoms with van der Waals surface area (Å²) in [6, 6.07) is 1.41. The van der Waals surface area contributed by atoms with E-state index in [1.807, 2.05) is 0 Å². The molecule has 2 rings (SSSR count). The Morgan fingerprint density at radius 2 is 2.11 bits per heavy atom. The lowest BCUT2D eigenvalue weighted by molar-refractivity contribution is 0.00307. The number of nitrogens with one attached hydrogen (secondary N) is 1. The topological polar surface area (TPSA) is 24.5 Å². The van der Waals surface area contributed by atoms with Gasteiger partial charge < -0.3 is 15.0 Å². The molecule has 2 fully saturated rings. The Labute approximate surface area is 119 Å². The SMILES string of the molecule is CCCNC1CCOCC1CN1CCC(C)CC1C. The van der Waals surface area contributed by atoms with Gasteiger partial charge in [-0.15, -0.1) is 0 Å². The molecule has 3 nitrogen and oxygen atoms in total. The first kappa shape index (κ1) is 15.3. The maximum absolute atomic E-state index is 5.72. The maximum atomic E-state index is 5.72. The summed E-state index contributed by atoms with van der Waals surface area (Å²) in [6.07, 6.45) is 5.14. The highest BCUT2D eigenvalue weighted by Crippen LogP contribution is 2.25. The van der Waals surface area contributed by atoms with E-state index >= 15 is 0 Å². The van der Waals surface area contributed by atoms with E-state index in [9.17, 15) is 0 Å². The molecule has 2 saturated heterocycles. The van der Waals surface area contributed by atoms with Crippen molar-refractivity contribution in [2.24, 2.45) is 11.8 Å². The third-order valence-electron chi connectivity index (χ3n) is 4.88. The second-order valence-electron chi connectivity index (χ2n) is 6.66. The highest BCUT2D eigenvalue weighted by Gasteiger charge is 2.30. The number of rotatable bonds is 5. The van der Waals surface area contributed by atoms with E-state index in [2.05, 4.69) is 31.0 Å². The Morgan fingerprint density at radius 1 is 1.26 bits per heavy atom. The fourth-order valence-corrected chi connectivity index (χ4v) is 3.60. The summed E-state index contributed by atoms with van der Waals surface area (Å²) in [5.74, 6) is 1.58. The van der Waals surface area contributed by atoms with E-state index in [1.165, 1.54) is 38.8 Å². The minimum atomic E-state index is 0.667. The number of likely N-dealkylation sites (tertiary alicyclic amines) is 1. The summed E-state index contributed by atoms with van der Waals surface area (Å²) in [6.45, 7) is 12.6. The van der Waals surface area contributed by atoms with Crippen LogP contribution in [-0.2, 0) is 4.74 Å². The number of nitrogens with zero attached hydrogens (tertiary/aromatic N) is 1. The summed E-state index contributed by atoms with van der Waals surface area (Å²) < 4.78 is 5.72. The van der Waals surface area contributed by atoms with Crippen LogP contribution in [0.1, 0.15) is 46.5 Å². The summed E-state index contributed by atoms with van der Waals surface area (Å²) in [5.41, 5.74) is 0. The number of hydrogen-bond acceptors (Lipinski definition) is 3. The van der Waals surface area contributed by atoms with E-state index in [-0.39, 0.29) is 0 Å².